The lowest BCUT2D eigenvalue weighted by Gasteiger charge is -2.16. The molecule has 0 aliphatic carbocycles. The Morgan fingerprint density at radius 3 is 2.39 bits per heavy atom. The summed E-state index contributed by atoms with van der Waals surface area (Å²) >= 11 is 1.63. The van der Waals surface area contributed by atoms with Gasteiger partial charge in [0.15, 0.2) is 0 Å². The maximum atomic E-state index is 12.0. The van der Waals surface area contributed by atoms with Gasteiger partial charge in [-0.2, -0.15) is 0 Å². The van der Waals surface area contributed by atoms with Gasteiger partial charge in [-0.3, -0.25) is 9.59 Å². The topological polar surface area (TPSA) is 46.6 Å². The first-order valence-electron chi connectivity index (χ1n) is 5.54. The molecule has 0 aliphatic rings. The van der Waals surface area contributed by atoms with E-state index >= 15 is 0 Å². The minimum atomic E-state index is -0.313. The lowest BCUT2D eigenvalue weighted by molar-refractivity contribution is -0.140. The molecule has 18 heavy (non-hydrogen) atoms. The van der Waals surface area contributed by atoms with Crippen LogP contribution in [0.4, 0.5) is 0 Å². The molecule has 0 bridgehead atoms. The number of carbonyl (C=O) groups excluding carboxylic acids is 2. The molecule has 0 radical (unpaired) electrons. The number of hydrogen-bond donors (Lipinski definition) is 0. The highest BCUT2D eigenvalue weighted by atomic mass is 32.2. The highest BCUT2D eigenvalue weighted by Gasteiger charge is 2.12. The molecule has 5 heteroatoms. The lowest BCUT2D eigenvalue weighted by Crippen LogP contribution is -2.29. The second kappa shape index (κ2) is 7.06. The Labute approximate surface area is 111 Å². The summed E-state index contributed by atoms with van der Waals surface area (Å²) in [6.45, 7) is 0.357. The normalized spacial score (nSPS) is 9.94. The summed E-state index contributed by atoms with van der Waals surface area (Å²) in [5.74, 6) is -0.404. The quantitative estimate of drug-likeness (QED) is 0.605. The molecule has 98 valence electrons. The molecule has 1 aromatic carbocycles. The molecule has 0 heterocycles. The van der Waals surface area contributed by atoms with Crippen LogP contribution in [0.2, 0.25) is 0 Å². The third kappa shape index (κ3) is 4.07. The Morgan fingerprint density at radius 2 is 1.89 bits per heavy atom. The maximum Gasteiger partial charge on any atom is 0.307 e. The summed E-state index contributed by atoms with van der Waals surface area (Å²) in [6.07, 6.45) is 2.20. The summed E-state index contributed by atoms with van der Waals surface area (Å²) in [4.78, 5) is 25.6. The van der Waals surface area contributed by atoms with Crippen LogP contribution >= 0.6 is 11.8 Å². The van der Waals surface area contributed by atoms with Crippen molar-refractivity contribution in [3.63, 3.8) is 0 Å². The first-order valence-corrected chi connectivity index (χ1v) is 6.77. The van der Waals surface area contributed by atoms with E-state index in [1.807, 2.05) is 18.4 Å². The van der Waals surface area contributed by atoms with Gasteiger partial charge in [-0.1, -0.05) is 0 Å². The van der Waals surface area contributed by atoms with Gasteiger partial charge < -0.3 is 9.64 Å². The molecule has 0 unspecified atom stereocenters. The fraction of sp³-hybridized carbons (Fsp3) is 0.385. The van der Waals surface area contributed by atoms with Crippen LogP contribution in [-0.4, -0.2) is 43.7 Å². The Kier molecular flexibility index (Phi) is 5.71. The fourth-order valence-electron chi connectivity index (χ4n) is 1.42. The van der Waals surface area contributed by atoms with Crippen LogP contribution < -0.4 is 0 Å². The standard InChI is InChI=1S/C13H17NO3S/c1-14(9-8-12(15)17-2)13(16)10-4-6-11(18-3)7-5-10/h4-7H,8-9H2,1-3H3. The van der Waals surface area contributed by atoms with Gasteiger partial charge in [0.2, 0.25) is 0 Å². The third-order valence-corrected chi connectivity index (χ3v) is 3.31. The van der Waals surface area contributed by atoms with Crippen LogP contribution in [-0.2, 0) is 9.53 Å². The largest absolute Gasteiger partial charge is 0.469 e. The van der Waals surface area contributed by atoms with Gasteiger partial charge in [0.25, 0.3) is 5.91 Å². The van der Waals surface area contributed by atoms with Gasteiger partial charge in [0.1, 0.15) is 0 Å². The van der Waals surface area contributed by atoms with E-state index in [4.69, 9.17) is 0 Å². The Balaban J connectivity index is 2.59. The highest BCUT2D eigenvalue weighted by Crippen LogP contribution is 2.15. The van der Waals surface area contributed by atoms with Crippen molar-refractivity contribution >= 4 is 23.6 Å². The van der Waals surface area contributed by atoms with Crippen molar-refractivity contribution in [3.05, 3.63) is 29.8 Å². The molecule has 1 amide bonds. The van der Waals surface area contributed by atoms with Crippen LogP contribution in [0.15, 0.2) is 29.2 Å². The number of nitrogens with zero attached hydrogens (tertiary/aromatic N) is 1. The summed E-state index contributed by atoms with van der Waals surface area (Å²) in [7, 11) is 3.01. The average molecular weight is 267 g/mol. The monoisotopic (exact) mass is 267 g/mol. The first kappa shape index (κ1) is 14.6. The number of methoxy groups -OCH3 is 1. The molecule has 0 fully saturated rings. The van der Waals surface area contributed by atoms with Crippen molar-refractivity contribution in [1.82, 2.24) is 4.90 Å². The summed E-state index contributed by atoms with van der Waals surface area (Å²) in [5, 5.41) is 0. The van der Waals surface area contributed by atoms with Gasteiger partial charge in [0.05, 0.1) is 13.5 Å². The van der Waals surface area contributed by atoms with Gasteiger partial charge in [0, 0.05) is 24.1 Å². The molecule has 0 spiro atoms. The zero-order chi connectivity index (χ0) is 13.5. The van der Waals surface area contributed by atoms with Crippen molar-refractivity contribution in [2.24, 2.45) is 0 Å². The van der Waals surface area contributed by atoms with Crippen molar-refractivity contribution < 1.29 is 14.3 Å². The van der Waals surface area contributed by atoms with E-state index in [-0.39, 0.29) is 18.3 Å². The van der Waals surface area contributed by atoms with Gasteiger partial charge >= 0.3 is 5.97 Å². The van der Waals surface area contributed by atoms with Crippen LogP contribution in [0.3, 0.4) is 0 Å². The zero-order valence-corrected chi connectivity index (χ0v) is 11.6. The smallest absolute Gasteiger partial charge is 0.307 e. The van der Waals surface area contributed by atoms with Crippen LogP contribution in [0.5, 0.6) is 0 Å². The molecular formula is C13H17NO3S. The van der Waals surface area contributed by atoms with E-state index in [1.165, 1.54) is 12.0 Å². The van der Waals surface area contributed by atoms with E-state index in [9.17, 15) is 9.59 Å². The molecule has 0 aromatic heterocycles. The molecular weight excluding hydrogens is 250 g/mol. The highest BCUT2D eigenvalue weighted by molar-refractivity contribution is 7.98. The molecule has 1 aromatic rings. The second-order valence-corrected chi connectivity index (χ2v) is 4.66. The Morgan fingerprint density at radius 1 is 1.28 bits per heavy atom. The third-order valence-electron chi connectivity index (χ3n) is 2.56. The molecule has 0 saturated carbocycles. The van der Waals surface area contributed by atoms with Crippen LogP contribution in [0, 0.1) is 0 Å². The van der Waals surface area contributed by atoms with Crippen molar-refractivity contribution in [2.45, 2.75) is 11.3 Å². The summed E-state index contributed by atoms with van der Waals surface area (Å²) in [5.41, 5.74) is 0.625. The minimum Gasteiger partial charge on any atom is -0.469 e. The van der Waals surface area contributed by atoms with E-state index in [1.54, 1.807) is 30.9 Å². The Bertz CT molecular complexity index is 417. The van der Waals surface area contributed by atoms with Gasteiger partial charge in [-0.15, -0.1) is 11.8 Å². The zero-order valence-electron chi connectivity index (χ0n) is 10.8. The predicted octanol–water partition coefficient (Wildman–Crippen LogP) is 2.04. The predicted molar refractivity (Wildman–Crippen MR) is 71.8 cm³/mol. The minimum absolute atomic E-state index is 0.0912. The van der Waals surface area contributed by atoms with Gasteiger partial charge in [-0.25, -0.2) is 0 Å². The lowest BCUT2D eigenvalue weighted by atomic mass is 10.2. The van der Waals surface area contributed by atoms with Crippen LogP contribution in [0.25, 0.3) is 0 Å². The molecule has 0 atom stereocenters. The molecule has 0 saturated heterocycles. The summed E-state index contributed by atoms with van der Waals surface area (Å²) < 4.78 is 4.54. The number of carbonyl (C=O) groups is 2. The fourth-order valence-corrected chi connectivity index (χ4v) is 1.82. The Hall–Kier alpha value is -1.49. The SMILES string of the molecule is COC(=O)CCN(C)C(=O)c1ccc(SC)cc1. The number of amides is 1. The maximum absolute atomic E-state index is 12.0. The van der Waals surface area contributed by atoms with Crippen LogP contribution in [0.1, 0.15) is 16.8 Å². The number of rotatable bonds is 5. The number of benzene rings is 1. The van der Waals surface area contributed by atoms with Crippen molar-refractivity contribution in [2.75, 3.05) is 27.0 Å². The second-order valence-electron chi connectivity index (χ2n) is 3.78. The number of hydrogen-bond acceptors (Lipinski definition) is 4. The van der Waals surface area contributed by atoms with E-state index in [0.29, 0.717) is 12.1 Å². The molecule has 4 nitrogen and oxygen atoms in total. The molecule has 0 N–H and O–H groups in total. The van der Waals surface area contributed by atoms with E-state index < -0.39 is 0 Å². The number of ether oxygens (including phenoxy) is 1. The summed E-state index contributed by atoms with van der Waals surface area (Å²) in [6, 6.07) is 7.41. The van der Waals surface area contributed by atoms with Crippen molar-refractivity contribution in [1.29, 1.82) is 0 Å². The molecule has 1 rings (SSSR count). The van der Waals surface area contributed by atoms with Gasteiger partial charge in [-0.05, 0) is 30.5 Å². The number of esters is 1. The molecule has 0 aliphatic heterocycles. The van der Waals surface area contributed by atoms with E-state index in [0.717, 1.165) is 4.90 Å². The number of thioether (sulfide) groups is 1. The average Bonchev–Trinajstić information content (AvgIpc) is 2.43. The first-order chi connectivity index (χ1) is 8.58. The van der Waals surface area contributed by atoms with Crippen molar-refractivity contribution in [3.8, 4) is 0 Å². The van der Waals surface area contributed by atoms with E-state index in [2.05, 4.69) is 4.74 Å².